The van der Waals surface area contributed by atoms with E-state index in [1.807, 2.05) is 26.8 Å². The molecule has 0 aliphatic carbocycles. The van der Waals surface area contributed by atoms with Gasteiger partial charge < -0.3 is 0 Å². The van der Waals surface area contributed by atoms with Crippen LogP contribution in [0, 0.1) is 43.4 Å². The second-order valence-electron chi connectivity index (χ2n) is 3.09. The van der Waals surface area contributed by atoms with Crippen LogP contribution in [0.15, 0.2) is 6.07 Å². The Hall–Kier alpha value is -1.80. The Morgan fingerprint density at radius 3 is 2.08 bits per heavy atom. The van der Waals surface area contributed by atoms with E-state index in [4.69, 9.17) is 10.5 Å². The summed E-state index contributed by atoms with van der Waals surface area (Å²) in [4.78, 5) is 0. The third-order valence-corrected chi connectivity index (χ3v) is 2.39. The first kappa shape index (κ1) is 9.29. The van der Waals surface area contributed by atoms with Crippen LogP contribution in [-0.4, -0.2) is 0 Å². The van der Waals surface area contributed by atoms with Crippen LogP contribution >= 0.6 is 0 Å². The van der Waals surface area contributed by atoms with Gasteiger partial charge in [-0.25, -0.2) is 0 Å². The summed E-state index contributed by atoms with van der Waals surface area (Å²) in [5, 5.41) is 17.6. The van der Waals surface area contributed by atoms with Crippen LogP contribution in [0.2, 0.25) is 0 Å². The van der Waals surface area contributed by atoms with E-state index in [0.29, 0.717) is 11.1 Å². The van der Waals surface area contributed by atoms with Gasteiger partial charge in [0.05, 0.1) is 11.1 Å². The Balaban J connectivity index is 3.63. The molecule has 0 aliphatic rings. The summed E-state index contributed by atoms with van der Waals surface area (Å²) in [6.45, 7) is 5.79. The largest absolute Gasteiger partial charge is 0.192 e. The molecule has 0 heterocycles. The molecule has 0 saturated carbocycles. The molecule has 2 nitrogen and oxygen atoms in total. The van der Waals surface area contributed by atoms with Crippen molar-refractivity contribution >= 4 is 0 Å². The Labute approximate surface area is 78.0 Å². The van der Waals surface area contributed by atoms with Crippen molar-refractivity contribution in [2.24, 2.45) is 0 Å². The predicted molar refractivity (Wildman–Crippen MR) is 50.1 cm³/mol. The molecule has 0 saturated heterocycles. The highest BCUT2D eigenvalue weighted by Crippen LogP contribution is 2.20. The summed E-state index contributed by atoms with van der Waals surface area (Å²) in [6, 6.07) is 5.86. The Morgan fingerprint density at radius 2 is 1.62 bits per heavy atom. The minimum Gasteiger partial charge on any atom is -0.192 e. The van der Waals surface area contributed by atoms with Crippen molar-refractivity contribution in [2.75, 3.05) is 0 Å². The Morgan fingerprint density at radius 1 is 1.00 bits per heavy atom. The van der Waals surface area contributed by atoms with Gasteiger partial charge in [-0.2, -0.15) is 10.5 Å². The highest BCUT2D eigenvalue weighted by atomic mass is 14.3. The Kier molecular flexibility index (Phi) is 2.35. The van der Waals surface area contributed by atoms with Gasteiger partial charge in [0.25, 0.3) is 0 Å². The highest BCUT2D eigenvalue weighted by Gasteiger charge is 2.09. The molecular formula is C11H10N2. The number of hydrogen-bond donors (Lipinski definition) is 0. The molecule has 64 valence electrons. The SMILES string of the molecule is Cc1cc(C#N)c(C#N)c(C)c1C. The van der Waals surface area contributed by atoms with E-state index >= 15 is 0 Å². The topological polar surface area (TPSA) is 47.6 Å². The maximum absolute atomic E-state index is 8.84. The van der Waals surface area contributed by atoms with E-state index in [-0.39, 0.29) is 0 Å². The van der Waals surface area contributed by atoms with E-state index in [0.717, 1.165) is 16.7 Å². The van der Waals surface area contributed by atoms with Crippen molar-refractivity contribution in [3.8, 4) is 12.1 Å². The molecule has 2 heteroatoms. The minimum absolute atomic E-state index is 0.475. The molecular weight excluding hydrogens is 160 g/mol. The first-order valence-electron chi connectivity index (χ1n) is 4.02. The number of aryl methyl sites for hydroxylation is 1. The van der Waals surface area contributed by atoms with E-state index < -0.39 is 0 Å². The number of hydrogen-bond acceptors (Lipinski definition) is 2. The van der Waals surface area contributed by atoms with Crippen molar-refractivity contribution in [2.45, 2.75) is 20.8 Å². The fourth-order valence-corrected chi connectivity index (χ4v) is 1.31. The van der Waals surface area contributed by atoms with Crippen LogP contribution in [0.3, 0.4) is 0 Å². The summed E-state index contributed by atoms with van der Waals surface area (Å²) >= 11 is 0. The molecule has 0 atom stereocenters. The van der Waals surface area contributed by atoms with E-state index in [9.17, 15) is 0 Å². The normalized spacial score (nSPS) is 9.00. The molecule has 0 radical (unpaired) electrons. The smallest absolute Gasteiger partial charge is 0.101 e. The lowest BCUT2D eigenvalue weighted by atomic mass is 9.95. The van der Waals surface area contributed by atoms with Crippen molar-refractivity contribution in [3.63, 3.8) is 0 Å². The molecule has 0 aliphatic heterocycles. The summed E-state index contributed by atoms with van der Waals surface area (Å²) < 4.78 is 0. The van der Waals surface area contributed by atoms with Crippen LogP contribution < -0.4 is 0 Å². The van der Waals surface area contributed by atoms with Crippen LogP contribution in [0.1, 0.15) is 27.8 Å². The third kappa shape index (κ3) is 1.39. The fourth-order valence-electron chi connectivity index (χ4n) is 1.31. The zero-order valence-corrected chi connectivity index (χ0v) is 7.97. The molecule has 0 amide bonds. The van der Waals surface area contributed by atoms with Gasteiger partial charge in [-0.15, -0.1) is 0 Å². The number of benzene rings is 1. The van der Waals surface area contributed by atoms with Gasteiger partial charge in [0.1, 0.15) is 12.1 Å². The second-order valence-corrected chi connectivity index (χ2v) is 3.09. The van der Waals surface area contributed by atoms with E-state index in [1.165, 1.54) is 0 Å². The maximum atomic E-state index is 8.84. The standard InChI is InChI=1S/C11H10N2/c1-7-4-10(5-12)11(6-13)9(3)8(7)2/h4H,1-3H3. The molecule has 13 heavy (non-hydrogen) atoms. The van der Waals surface area contributed by atoms with Crippen LogP contribution in [0.4, 0.5) is 0 Å². The zero-order chi connectivity index (χ0) is 10.0. The van der Waals surface area contributed by atoms with E-state index in [1.54, 1.807) is 6.07 Å². The van der Waals surface area contributed by atoms with Crippen molar-refractivity contribution in [1.82, 2.24) is 0 Å². The Bertz CT molecular complexity index is 431. The molecule has 0 bridgehead atoms. The monoisotopic (exact) mass is 170 g/mol. The van der Waals surface area contributed by atoms with Gasteiger partial charge in [0.15, 0.2) is 0 Å². The second kappa shape index (κ2) is 3.29. The van der Waals surface area contributed by atoms with Crippen molar-refractivity contribution in [1.29, 1.82) is 10.5 Å². The number of rotatable bonds is 0. The first-order valence-corrected chi connectivity index (χ1v) is 4.02. The average Bonchev–Trinajstić information content (AvgIpc) is 2.13. The van der Waals surface area contributed by atoms with Crippen LogP contribution in [0.25, 0.3) is 0 Å². The predicted octanol–water partition coefficient (Wildman–Crippen LogP) is 2.36. The van der Waals surface area contributed by atoms with Crippen LogP contribution in [-0.2, 0) is 0 Å². The average molecular weight is 170 g/mol. The molecule has 1 rings (SSSR count). The zero-order valence-electron chi connectivity index (χ0n) is 7.97. The lowest BCUT2D eigenvalue weighted by Gasteiger charge is -2.07. The number of nitriles is 2. The van der Waals surface area contributed by atoms with Gasteiger partial charge in [-0.05, 0) is 43.5 Å². The highest BCUT2D eigenvalue weighted by molar-refractivity contribution is 5.55. The van der Waals surface area contributed by atoms with Crippen molar-refractivity contribution < 1.29 is 0 Å². The third-order valence-electron chi connectivity index (χ3n) is 2.39. The number of nitrogens with zero attached hydrogens (tertiary/aromatic N) is 2. The molecule has 0 aromatic heterocycles. The van der Waals surface area contributed by atoms with Gasteiger partial charge in [0.2, 0.25) is 0 Å². The lowest BCUT2D eigenvalue weighted by molar-refractivity contribution is 1.23. The summed E-state index contributed by atoms with van der Waals surface area (Å²) in [5.41, 5.74) is 4.05. The molecule has 0 N–H and O–H groups in total. The first-order chi connectivity index (χ1) is 6.11. The van der Waals surface area contributed by atoms with Gasteiger partial charge >= 0.3 is 0 Å². The molecule has 1 aromatic rings. The molecule has 0 fully saturated rings. The molecule has 0 unspecified atom stereocenters. The van der Waals surface area contributed by atoms with Crippen LogP contribution in [0.5, 0.6) is 0 Å². The molecule has 1 aromatic carbocycles. The summed E-state index contributed by atoms with van der Waals surface area (Å²) in [5.74, 6) is 0. The lowest BCUT2D eigenvalue weighted by Crippen LogP contribution is -1.95. The minimum atomic E-state index is 0.475. The summed E-state index contributed by atoms with van der Waals surface area (Å²) in [7, 11) is 0. The van der Waals surface area contributed by atoms with Crippen molar-refractivity contribution in [3.05, 3.63) is 33.9 Å². The maximum Gasteiger partial charge on any atom is 0.101 e. The van der Waals surface area contributed by atoms with Gasteiger partial charge in [-0.1, -0.05) is 0 Å². The molecule has 0 spiro atoms. The summed E-state index contributed by atoms with van der Waals surface area (Å²) in [6.07, 6.45) is 0. The van der Waals surface area contributed by atoms with Gasteiger partial charge in [-0.3, -0.25) is 0 Å². The fraction of sp³-hybridized carbons (Fsp3) is 0.273. The van der Waals surface area contributed by atoms with E-state index in [2.05, 4.69) is 6.07 Å². The van der Waals surface area contributed by atoms with Gasteiger partial charge in [0, 0.05) is 0 Å². The quantitative estimate of drug-likeness (QED) is 0.600.